The van der Waals surface area contributed by atoms with Crippen molar-refractivity contribution in [1.82, 2.24) is 4.98 Å². The van der Waals surface area contributed by atoms with Crippen LogP contribution in [0.3, 0.4) is 0 Å². The molecule has 0 bridgehead atoms. The number of hydrogen-bond acceptors (Lipinski definition) is 5. The van der Waals surface area contributed by atoms with Crippen molar-refractivity contribution in [3.05, 3.63) is 16.1 Å². The Kier molecular flexibility index (Phi) is 6.49. The lowest BCUT2D eigenvalue weighted by atomic mass is 10.3. The largest absolute Gasteiger partial charge is 0.394 e. The summed E-state index contributed by atoms with van der Waals surface area (Å²) in [6.07, 6.45) is 0. The first-order valence-corrected chi connectivity index (χ1v) is 6.34. The average molecular weight is 294 g/mol. The summed E-state index contributed by atoms with van der Waals surface area (Å²) in [5.74, 6) is 1.02. The van der Waals surface area contributed by atoms with Crippen LogP contribution in [0.4, 0.5) is 11.6 Å². The van der Waals surface area contributed by atoms with Crippen LogP contribution >= 0.6 is 23.2 Å². The number of anilines is 2. The third-order valence-electron chi connectivity index (χ3n) is 2.20. The number of rotatable bonds is 7. The molecule has 18 heavy (non-hydrogen) atoms. The standard InChI is InChI=1S/C11H17Cl2N3O2/c1-3-14-10-8(12)4-9(13)11(16-10)15-7(5-17)6-18-2/h4,7,17H,3,5-6H2,1-2H3,(H2,14,15,16). The van der Waals surface area contributed by atoms with Crippen molar-refractivity contribution < 1.29 is 9.84 Å². The van der Waals surface area contributed by atoms with Gasteiger partial charge in [0.1, 0.15) is 11.6 Å². The number of pyridine rings is 1. The fourth-order valence-corrected chi connectivity index (χ4v) is 1.87. The van der Waals surface area contributed by atoms with E-state index >= 15 is 0 Å². The summed E-state index contributed by atoms with van der Waals surface area (Å²) in [6.45, 7) is 2.93. The van der Waals surface area contributed by atoms with Gasteiger partial charge in [0.05, 0.1) is 29.3 Å². The summed E-state index contributed by atoms with van der Waals surface area (Å²) in [6, 6.07) is 1.34. The van der Waals surface area contributed by atoms with Crippen LogP contribution in [0.25, 0.3) is 0 Å². The number of aromatic nitrogens is 1. The Morgan fingerprint density at radius 2 is 2.06 bits per heavy atom. The predicted molar refractivity (Wildman–Crippen MR) is 74.8 cm³/mol. The maximum absolute atomic E-state index is 9.18. The molecule has 0 spiro atoms. The van der Waals surface area contributed by atoms with Crippen LogP contribution in [0.5, 0.6) is 0 Å². The molecule has 1 aromatic rings. The summed E-state index contributed by atoms with van der Waals surface area (Å²) in [5.41, 5.74) is 0. The van der Waals surface area contributed by atoms with Gasteiger partial charge in [0.2, 0.25) is 0 Å². The van der Waals surface area contributed by atoms with E-state index in [1.807, 2.05) is 6.92 Å². The second kappa shape index (κ2) is 7.63. The first kappa shape index (κ1) is 15.3. The van der Waals surface area contributed by atoms with Gasteiger partial charge < -0.3 is 20.5 Å². The van der Waals surface area contributed by atoms with Crippen molar-refractivity contribution in [3.63, 3.8) is 0 Å². The van der Waals surface area contributed by atoms with Crippen LogP contribution in [-0.4, -0.2) is 43.0 Å². The summed E-state index contributed by atoms with van der Waals surface area (Å²) in [7, 11) is 1.56. The molecule has 0 aromatic carbocycles. The maximum atomic E-state index is 9.18. The number of aliphatic hydroxyl groups excluding tert-OH is 1. The first-order chi connectivity index (χ1) is 8.62. The lowest BCUT2D eigenvalue weighted by molar-refractivity contribution is 0.153. The van der Waals surface area contributed by atoms with Gasteiger partial charge in [-0.2, -0.15) is 0 Å². The van der Waals surface area contributed by atoms with Gasteiger partial charge in [0.15, 0.2) is 0 Å². The molecule has 1 aromatic heterocycles. The summed E-state index contributed by atoms with van der Waals surface area (Å²) < 4.78 is 4.97. The number of hydrogen-bond donors (Lipinski definition) is 3. The van der Waals surface area contributed by atoms with Crippen molar-refractivity contribution in [2.45, 2.75) is 13.0 Å². The van der Waals surface area contributed by atoms with E-state index in [-0.39, 0.29) is 12.6 Å². The Hall–Kier alpha value is -0.750. The lowest BCUT2D eigenvalue weighted by Gasteiger charge is -2.18. The maximum Gasteiger partial charge on any atom is 0.147 e. The van der Waals surface area contributed by atoms with Crippen LogP contribution in [0.2, 0.25) is 10.0 Å². The minimum atomic E-state index is -0.268. The molecule has 1 heterocycles. The molecule has 0 aliphatic rings. The zero-order valence-electron chi connectivity index (χ0n) is 10.3. The molecule has 0 amide bonds. The summed E-state index contributed by atoms with van der Waals surface area (Å²) in [4.78, 5) is 4.28. The highest BCUT2D eigenvalue weighted by molar-refractivity contribution is 6.37. The molecule has 1 rings (SSSR count). The highest BCUT2D eigenvalue weighted by atomic mass is 35.5. The molecule has 0 aliphatic carbocycles. The molecule has 7 heteroatoms. The molecule has 1 unspecified atom stereocenters. The van der Waals surface area contributed by atoms with Crippen molar-refractivity contribution in [3.8, 4) is 0 Å². The molecule has 0 radical (unpaired) electrons. The van der Waals surface area contributed by atoms with Crippen molar-refractivity contribution >= 4 is 34.8 Å². The number of methoxy groups -OCH3 is 1. The van der Waals surface area contributed by atoms with Gasteiger partial charge in [-0.3, -0.25) is 0 Å². The molecule has 0 saturated heterocycles. The van der Waals surface area contributed by atoms with E-state index in [0.29, 0.717) is 34.8 Å². The Bertz CT molecular complexity index is 391. The van der Waals surface area contributed by atoms with E-state index in [1.54, 1.807) is 13.2 Å². The number of aliphatic hydroxyl groups is 1. The minimum absolute atomic E-state index is 0.0784. The van der Waals surface area contributed by atoms with Crippen molar-refractivity contribution in [2.75, 3.05) is 37.5 Å². The molecule has 1 atom stereocenters. The Morgan fingerprint density at radius 1 is 1.39 bits per heavy atom. The molecule has 0 saturated carbocycles. The van der Waals surface area contributed by atoms with Gasteiger partial charge in [-0.1, -0.05) is 23.2 Å². The topological polar surface area (TPSA) is 66.4 Å². The summed E-state index contributed by atoms with van der Waals surface area (Å²) >= 11 is 12.0. The second-order valence-electron chi connectivity index (χ2n) is 3.66. The summed E-state index contributed by atoms with van der Waals surface area (Å²) in [5, 5.41) is 16.1. The molecular weight excluding hydrogens is 277 g/mol. The van der Waals surface area contributed by atoms with E-state index in [2.05, 4.69) is 15.6 Å². The molecule has 3 N–H and O–H groups in total. The van der Waals surface area contributed by atoms with E-state index in [1.165, 1.54) is 0 Å². The molecule has 0 aliphatic heterocycles. The average Bonchev–Trinajstić information content (AvgIpc) is 2.34. The molecule has 0 fully saturated rings. The van der Waals surface area contributed by atoms with Crippen LogP contribution in [0.15, 0.2) is 6.07 Å². The predicted octanol–water partition coefficient (Wildman–Crippen LogP) is 2.24. The Morgan fingerprint density at radius 3 is 2.61 bits per heavy atom. The molecule has 102 valence electrons. The number of nitrogens with zero attached hydrogens (tertiary/aromatic N) is 1. The Balaban J connectivity index is 2.89. The van der Waals surface area contributed by atoms with E-state index < -0.39 is 0 Å². The Labute approximate surface area is 116 Å². The van der Waals surface area contributed by atoms with Gasteiger partial charge in [-0.25, -0.2) is 4.98 Å². The van der Waals surface area contributed by atoms with Crippen molar-refractivity contribution in [1.29, 1.82) is 0 Å². The van der Waals surface area contributed by atoms with Crippen LogP contribution in [0, 0.1) is 0 Å². The van der Waals surface area contributed by atoms with Crippen LogP contribution in [0.1, 0.15) is 6.92 Å². The van der Waals surface area contributed by atoms with Crippen LogP contribution in [-0.2, 0) is 4.74 Å². The molecular formula is C11H17Cl2N3O2. The van der Waals surface area contributed by atoms with Gasteiger partial charge in [-0.15, -0.1) is 0 Å². The molecule has 5 nitrogen and oxygen atoms in total. The zero-order chi connectivity index (χ0) is 13.5. The minimum Gasteiger partial charge on any atom is -0.394 e. The fourth-order valence-electron chi connectivity index (χ4n) is 1.39. The van der Waals surface area contributed by atoms with E-state index in [0.717, 1.165) is 0 Å². The van der Waals surface area contributed by atoms with Gasteiger partial charge >= 0.3 is 0 Å². The van der Waals surface area contributed by atoms with Crippen molar-refractivity contribution in [2.24, 2.45) is 0 Å². The SMILES string of the molecule is CCNc1nc(NC(CO)COC)c(Cl)cc1Cl. The second-order valence-corrected chi connectivity index (χ2v) is 4.47. The van der Waals surface area contributed by atoms with Gasteiger partial charge in [0, 0.05) is 13.7 Å². The van der Waals surface area contributed by atoms with Gasteiger partial charge in [0.25, 0.3) is 0 Å². The quantitative estimate of drug-likeness (QED) is 0.719. The third-order valence-corrected chi connectivity index (χ3v) is 2.78. The normalized spacial score (nSPS) is 12.3. The monoisotopic (exact) mass is 293 g/mol. The zero-order valence-corrected chi connectivity index (χ0v) is 11.8. The van der Waals surface area contributed by atoms with Crippen LogP contribution < -0.4 is 10.6 Å². The van der Waals surface area contributed by atoms with E-state index in [9.17, 15) is 5.11 Å². The van der Waals surface area contributed by atoms with Gasteiger partial charge in [-0.05, 0) is 13.0 Å². The number of ether oxygens (including phenoxy) is 1. The lowest BCUT2D eigenvalue weighted by Crippen LogP contribution is -2.29. The number of halogens is 2. The first-order valence-electron chi connectivity index (χ1n) is 5.58. The number of nitrogens with one attached hydrogen (secondary N) is 2. The third kappa shape index (κ3) is 4.17. The van der Waals surface area contributed by atoms with E-state index in [4.69, 9.17) is 27.9 Å². The highest BCUT2D eigenvalue weighted by Crippen LogP contribution is 2.29. The smallest absolute Gasteiger partial charge is 0.147 e. The fraction of sp³-hybridized carbons (Fsp3) is 0.545. The highest BCUT2D eigenvalue weighted by Gasteiger charge is 2.13.